The lowest BCUT2D eigenvalue weighted by molar-refractivity contribution is 0.557. The molecule has 1 aliphatic carbocycles. The van der Waals surface area contributed by atoms with E-state index in [1.165, 1.54) is 23.4 Å². The molecule has 3 nitrogen and oxygen atoms in total. The van der Waals surface area contributed by atoms with Crippen LogP contribution < -0.4 is 10.2 Å². The van der Waals surface area contributed by atoms with Crippen LogP contribution >= 0.6 is 11.3 Å². The Bertz CT molecular complexity index is 441. The first-order valence-electron chi connectivity index (χ1n) is 7.72. The van der Waals surface area contributed by atoms with Gasteiger partial charge in [-0.1, -0.05) is 34.6 Å². The molecular weight excluding hydrogens is 266 g/mol. The Morgan fingerprint density at radius 2 is 2.00 bits per heavy atom. The van der Waals surface area contributed by atoms with E-state index in [1.807, 2.05) is 11.3 Å². The van der Waals surface area contributed by atoms with E-state index < -0.39 is 0 Å². The molecule has 1 heterocycles. The molecule has 0 bridgehead atoms. The topological polar surface area (TPSA) is 28.2 Å². The quantitative estimate of drug-likeness (QED) is 0.865. The number of rotatable bonds is 6. The summed E-state index contributed by atoms with van der Waals surface area (Å²) < 4.78 is 0. The number of nitrogens with zero attached hydrogens (tertiary/aromatic N) is 2. The lowest BCUT2D eigenvalue weighted by Gasteiger charge is -2.19. The molecule has 1 fully saturated rings. The molecule has 0 atom stereocenters. The highest BCUT2D eigenvalue weighted by atomic mass is 32.1. The van der Waals surface area contributed by atoms with Crippen molar-refractivity contribution in [3.8, 4) is 0 Å². The highest BCUT2D eigenvalue weighted by molar-refractivity contribution is 7.15. The monoisotopic (exact) mass is 295 g/mol. The van der Waals surface area contributed by atoms with Gasteiger partial charge in [-0.15, -0.1) is 11.3 Å². The Morgan fingerprint density at radius 3 is 2.50 bits per heavy atom. The Kier molecular flexibility index (Phi) is 4.75. The van der Waals surface area contributed by atoms with Gasteiger partial charge in [0.2, 0.25) is 0 Å². The Balaban J connectivity index is 2.16. The SMILES string of the molecule is CC(C)CN(C)c1nc(C(C)(C)C)c(CNC2CC2)s1. The summed E-state index contributed by atoms with van der Waals surface area (Å²) in [5, 5.41) is 4.79. The van der Waals surface area contributed by atoms with Gasteiger partial charge in [0.15, 0.2) is 5.13 Å². The highest BCUT2D eigenvalue weighted by Crippen LogP contribution is 2.34. The van der Waals surface area contributed by atoms with Gasteiger partial charge < -0.3 is 10.2 Å². The first-order chi connectivity index (χ1) is 9.27. The van der Waals surface area contributed by atoms with Crippen molar-refractivity contribution in [3.63, 3.8) is 0 Å². The molecule has 1 N–H and O–H groups in total. The van der Waals surface area contributed by atoms with E-state index in [-0.39, 0.29) is 5.41 Å². The Hall–Kier alpha value is -0.610. The minimum absolute atomic E-state index is 0.119. The first-order valence-corrected chi connectivity index (χ1v) is 8.53. The molecule has 0 amide bonds. The fourth-order valence-electron chi connectivity index (χ4n) is 2.36. The van der Waals surface area contributed by atoms with Crippen LogP contribution in [0, 0.1) is 5.92 Å². The van der Waals surface area contributed by atoms with Gasteiger partial charge in [0.25, 0.3) is 0 Å². The van der Waals surface area contributed by atoms with Crippen LogP contribution in [0.15, 0.2) is 0 Å². The molecule has 0 unspecified atom stereocenters. The van der Waals surface area contributed by atoms with E-state index in [0.29, 0.717) is 5.92 Å². The van der Waals surface area contributed by atoms with Gasteiger partial charge >= 0.3 is 0 Å². The second kappa shape index (κ2) is 6.02. The van der Waals surface area contributed by atoms with Crippen LogP contribution in [-0.4, -0.2) is 24.6 Å². The summed E-state index contributed by atoms with van der Waals surface area (Å²) in [5.41, 5.74) is 1.38. The third kappa shape index (κ3) is 4.19. The molecule has 0 spiro atoms. The largest absolute Gasteiger partial charge is 0.351 e. The zero-order chi connectivity index (χ0) is 14.9. The van der Waals surface area contributed by atoms with E-state index in [1.54, 1.807) is 0 Å². The maximum absolute atomic E-state index is 4.94. The summed E-state index contributed by atoms with van der Waals surface area (Å²) in [6.07, 6.45) is 2.67. The predicted molar refractivity (Wildman–Crippen MR) is 88.8 cm³/mol. The fraction of sp³-hybridized carbons (Fsp3) is 0.812. The van der Waals surface area contributed by atoms with Crippen LogP contribution in [0.2, 0.25) is 0 Å². The molecule has 0 aromatic carbocycles. The van der Waals surface area contributed by atoms with Gasteiger partial charge in [0.05, 0.1) is 5.69 Å². The maximum atomic E-state index is 4.94. The average Bonchev–Trinajstić information content (AvgIpc) is 3.02. The molecule has 0 aliphatic heterocycles. The molecule has 1 aromatic heterocycles. The molecule has 1 aromatic rings. The number of hydrogen-bond acceptors (Lipinski definition) is 4. The number of nitrogens with one attached hydrogen (secondary N) is 1. The van der Waals surface area contributed by atoms with E-state index in [2.05, 4.69) is 51.9 Å². The molecule has 1 saturated carbocycles. The molecule has 0 saturated heterocycles. The van der Waals surface area contributed by atoms with Crippen LogP contribution in [0.3, 0.4) is 0 Å². The maximum Gasteiger partial charge on any atom is 0.185 e. The van der Waals surface area contributed by atoms with Crippen molar-refractivity contribution in [3.05, 3.63) is 10.6 Å². The summed E-state index contributed by atoms with van der Waals surface area (Å²) in [5.74, 6) is 0.662. The normalized spacial score (nSPS) is 15.9. The van der Waals surface area contributed by atoms with Crippen LogP contribution in [0.5, 0.6) is 0 Å². The van der Waals surface area contributed by atoms with Crippen LogP contribution in [0.1, 0.15) is 58.0 Å². The smallest absolute Gasteiger partial charge is 0.185 e. The summed E-state index contributed by atoms with van der Waals surface area (Å²) in [4.78, 5) is 8.65. The van der Waals surface area contributed by atoms with Crippen molar-refractivity contribution in [1.29, 1.82) is 0 Å². The van der Waals surface area contributed by atoms with Crippen molar-refractivity contribution in [2.24, 2.45) is 5.92 Å². The Labute approximate surface area is 127 Å². The third-order valence-electron chi connectivity index (χ3n) is 3.49. The molecule has 20 heavy (non-hydrogen) atoms. The molecule has 2 rings (SSSR count). The summed E-state index contributed by atoms with van der Waals surface area (Å²) in [6.45, 7) is 13.3. The van der Waals surface area contributed by atoms with Gasteiger partial charge in [0, 0.05) is 36.5 Å². The molecule has 4 heteroatoms. The number of hydrogen-bond donors (Lipinski definition) is 1. The minimum atomic E-state index is 0.119. The molecule has 0 radical (unpaired) electrons. The third-order valence-corrected chi connectivity index (χ3v) is 4.66. The fourth-order valence-corrected chi connectivity index (χ4v) is 3.55. The molecule has 1 aliphatic rings. The van der Waals surface area contributed by atoms with Gasteiger partial charge in [-0.3, -0.25) is 0 Å². The number of aromatic nitrogens is 1. The standard InChI is InChI=1S/C16H29N3S/c1-11(2)10-19(6)15-18-14(16(3,4)5)13(20-15)9-17-12-7-8-12/h11-12,17H,7-10H2,1-6H3. The zero-order valence-electron chi connectivity index (χ0n) is 13.8. The molecule has 114 valence electrons. The van der Waals surface area contributed by atoms with Gasteiger partial charge in [-0.05, 0) is 18.8 Å². The van der Waals surface area contributed by atoms with Crippen molar-refractivity contribution in [2.75, 3.05) is 18.5 Å². The Morgan fingerprint density at radius 1 is 1.35 bits per heavy atom. The summed E-state index contributed by atoms with van der Waals surface area (Å²) in [7, 11) is 2.16. The minimum Gasteiger partial charge on any atom is -0.351 e. The summed E-state index contributed by atoms with van der Waals surface area (Å²) >= 11 is 1.86. The second-order valence-corrected chi connectivity index (χ2v) is 8.51. The van der Waals surface area contributed by atoms with Gasteiger partial charge in [-0.2, -0.15) is 0 Å². The molecular formula is C16H29N3S. The van der Waals surface area contributed by atoms with Crippen molar-refractivity contribution >= 4 is 16.5 Å². The van der Waals surface area contributed by atoms with Crippen molar-refractivity contribution < 1.29 is 0 Å². The van der Waals surface area contributed by atoms with E-state index in [4.69, 9.17) is 4.98 Å². The van der Waals surface area contributed by atoms with Crippen LogP contribution in [-0.2, 0) is 12.0 Å². The second-order valence-electron chi connectivity index (χ2n) is 7.45. The van der Waals surface area contributed by atoms with Gasteiger partial charge in [-0.25, -0.2) is 4.98 Å². The van der Waals surface area contributed by atoms with Crippen molar-refractivity contribution in [2.45, 2.75) is 65.5 Å². The van der Waals surface area contributed by atoms with Crippen LogP contribution in [0.25, 0.3) is 0 Å². The average molecular weight is 295 g/mol. The lowest BCUT2D eigenvalue weighted by Crippen LogP contribution is -2.23. The zero-order valence-corrected chi connectivity index (χ0v) is 14.6. The van der Waals surface area contributed by atoms with Crippen molar-refractivity contribution in [1.82, 2.24) is 10.3 Å². The summed E-state index contributed by atoms with van der Waals surface area (Å²) in [6, 6.07) is 0.752. The number of thiazole rings is 1. The van der Waals surface area contributed by atoms with E-state index in [9.17, 15) is 0 Å². The van der Waals surface area contributed by atoms with E-state index >= 15 is 0 Å². The van der Waals surface area contributed by atoms with Crippen LogP contribution in [0.4, 0.5) is 5.13 Å². The number of anilines is 1. The lowest BCUT2D eigenvalue weighted by atomic mass is 9.91. The van der Waals surface area contributed by atoms with E-state index in [0.717, 1.165) is 24.3 Å². The highest BCUT2D eigenvalue weighted by Gasteiger charge is 2.26. The first kappa shape index (κ1) is 15.8. The predicted octanol–water partition coefficient (Wildman–Crippen LogP) is 3.78. The van der Waals surface area contributed by atoms with Gasteiger partial charge in [0.1, 0.15) is 0 Å².